The van der Waals surface area contributed by atoms with E-state index in [1.165, 1.54) is 17.2 Å². The lowest BCUT2D eigenvalue weighted by Gasteiger charge is -2.15. The average Bonchev–Trinajstić information content (AvgIpc) is 3.15. The van der Waals surface area contributed by atoms with E-state index in [0.717, 1.165) is 18.2 Å². The predicted octanol–water partition coefficient (Wildman–Crippen LogP) is 4.79. The predicted molar refractivity (Wildman–Crippen MR) is 113 cm³/mol. The van der Waals surface area contributed by atoms with Crippen molar-refractivity contribution >= 4 is 23.8 Å². The molecule has 0 spiro atoms. The molecule has 2 aromatic heterocycles. The number of nitriles is 2. The molecule has 3 rings (SSSR count). The second kappa shape index (κ2) is 8.69. The van der Waals surface area contributed by atoms with Crippen LogP contribution in [0, 0.1) is 22.7 Å². The highest BCUT2D eigenvalue weighted by molar-refractivity contribution is 6.31. The molecular formula is C21H15ClF3N7. The van der Waals surface area contributed by atoms with Crippen molar-refractivity contribution in [1.82, 2.24) is 19.7 Å². The van der Waals surface area contributed by atoms with Gasteiger partial charge in [-0.2, -0.15) is 28.8 Å². The van der Waals surface area contributed by atoms with Crippen LogP contribution in [-0.2, 0) is 13.2 Å². The highest BCUT2D eigenvalue weighted by Gasteiger charge is 2.33. The Labute approximate surface area is 186 Å². The molecular weight excluding hydrogens is 443 g/mol. The highest BCUT2D eigenvalue weighted by atomic mass is 35.5. The summed E-state index contributed by atoms with van der Waals surface area (Å²) < 4.78 is 41.0. The third kappa shape index (κ3) is 4.41. The van der Waals surface area contributed by atoms with Gasteiger partial charge in [0.05, 0.1) is 34.4 Å². The van der Waals surface area contributed by atoms with Crippen LogP contribution in [0.2, 0.25) is 5.02 Å². The zero-order chi connectivity index (χ0) is 23.6. The molecule has 0 unspecified atom stereocenters. The molecule has 0 radical (unpaired) electrons. The van der Waals surface area contributed by atoms with Gasteiger partial charge in [0.15, 0.2) is 5.82 Å². The minimum Gasteiger partial charge on any atom is -0.369 e. The maximum absolute atomic E-state index is 13.2. The molecule has 0 atom stereocenters. The summed E-state index contributed by atoms with van der Waals surface area (Å²) in [5, 5.41) is 23.3. The van der Waals surface area contributed by atoms with E-state index in [1.54, 1.807) is 32.2 Å². The Bertz CT molecular complexity index is 1290. The highest BCUT2D eigenvalue weighted by Crippen LogP contribution is 2.41. The summed E-state index contributed by atoms with van der Waals surface area (Å²) in [7, 11) is 5.12. The van der Waals surface area contributed by atoms with Gasteiger partial charge in [-0.1, -0.05) is 17.7 Å². The first-order valence-electron chi connectivity index (χ1n) is 9.01. The first-order valence-corrected chi connectivity index (χ1v) is 9.39. The summed E-state index contributed by atoms with van der Waals surface area (Å²) in [6.45, 7) is 0. The quantitative estimate of drug-likeness (QED) is 0.415. The first-order chi connectivity index (χ1) is 15.1. The Kier molecular flexibility index (Phi) is 6.19. The summed E-state index contributed by atoms with van der Waals surface area (Å²) in [6, 6.07) is 7.06. The van der Waals surface area contributed by atoms with Crippen molar-refractivity contribution in [3.63, 3.8) is 0 Å². The van der Waals surface area contributed by atoms with Crippen molar-refractivity contribution in [2.24, 2.45) is 12.0 Å². The number of nitrogens with zero attached hydrogens (tertiary/aromatic N) is 7. The zero-order valence-electron chi connectivity index (χ0n) is 17.1. The van der Waals surface area contributed by atoms with Crippen LogP contribution < -0.4 is 0 Å². The van der Waals surface area contributed by atoms with Crippen molar-refractivity contribution in [1.29, 1.82) is 10.5 Å². The van der Waals surface area contributed by atoms with Crippen LogP contribution in [0.5, 0.6) is 0 Å². The first kappa shape index (κ1) is 22.8. The number of aryl methyl sites for hydroxylation is 1. The van der Waals surface area contributed by atoms with Gasteiger partial charge in [-0.05, 0) is 17.7 Å². The molecule has 0 aliphatic heterocycles. The Balaban J connectivity index is 2.40. The fraction of sp³-hybridized carbons (Fsp3) is 0.190. The summed E-state index contributed by atoms with van der Waals surface area (Å²) in [4.78, 5) is 10.3. The second-order valence-electron chi connectivity index (χ2n) is 6.94. The van der Waals surface area contributed by atoms with Crippen LogP contribution in [0.25, 0.3) is 22.4 Å². The second-order valence-corrected chi connectivity index (χ2v) is 7.34. The van der Waals surface area contributed by atoms with E-state index in [9.17, 15) is 23.7 Å². The lowest BCUT2D eigenvalue weighted by atomic mass is 9.92. The molecule has 0 N–H and O–H groups in total. The maximum Gasteiger partial charge on any atom is 0.417 e. The molecule has 0 saturated heterocycles. The van der Waals surface area contributed by atoms with Gasteiger partial charge in [0, 0.05) is 38.5 Å². The molecule has 1 aromatic carbocycles. The number of pyridine rings is 1. The van der Waals surface area contributed by atoms with Gasteiger partial charge >= 0.3 is 6.18 Å². The minimum absolute atomic E-state index is 0.00470. The lowest BCUT2D eigenvalue weighted by molar-refractivity contribution is -0.137. The smallest absolute Gasteiger partial charge is 0.369 e. The van der Waals surface area contributed by atoms with Gasteiger partial charge in [0.2, 0.25) is 0 Å². The Morgan fingerprint density at radius 3 is 2.34 bits per heavy atom. The van der Waals surface area contributed by atoms with Crippen molar-refractivity contribution in [3.8, 4) is 34.5 Å². The Morgan fingerprint density at radius 2 is 1.84 bits per heavy atom. The summed E-state index contributed by atoms with van der Waals surface area (Å²) >= 11 is 5.91. The molecule has 0 aliphatic carbocycles. The van der Waals surface area contributed by atoms with Gasteiger partial charge < -0.3 is 4.90 Å². The van der Waals surface area contributed by atoms with Gasteiger partial charge in [-0.3, -0.25) is 4.68 Å². The molecule has 7 nitrogen and oxygen atoms in total. The van der Waals surface area contributed by atoms with Crippen LogP contribution >= 0.6 is 11.6 Å². The Hall–Kier alpha value is -3.89. The molecule has 162 valence electrons. The zero-order valence-corrected chi connectivity index (χ0v) is 17.9. The van der Waals surface area contributed by atoms with Crippen molar-refractivity contribution in [2.45, 2.75) is 6.18 Å². The number of aromatic nitrogens is 3. The third-order valence-corrected chi connectivity index (χ3v) is 4.67. The van der Waals surface area contributed by atoms with Gasteiger partial charge in [-0.15, -0.1) is 0 Å². The monoisotopic (exact) mass is 457 g/mol. The number of alkyl halides is 3. The maximum atomic E-state index is 13.2. The number of rotatable bonds is 4. The van der Waals surface area contributed by atoms with Gasteiger partial charge in [0.1, 0.15) is 17.7 Å². The third-order valence-electron chi connectivity index (χ3n) is 4.35. The largest absolute Gasteiger partial charge is 0.417 e. The summed E-state index contributed by atoms with van der Waals surface area (Å²) in [5.41, 5.74) is -0.175. The fourth-order valence-corrected chi connectivity index (χ4v) is 3.28. The van der Waals surface area contributed by atoms with E-state index in [-0.39, 0.29) is 33.8 Å². The minimum atomic E-state index is -4.65. The fourth-order valence-electron chi connectivity index (χ4n) is 2.99. The molecule has 0 bridgehead atoms. The molecule has 0 amide bonds. The molecule has 3 aromatic rings. The van der Waals surface area contributed by atoms with Crippen LogP contribution in [0.1, 0.15) is 16.7 Å². The molecule has 2 heterocycles. The number of hydrogen-bond donors (Lipinski definition) is 0. The van der Waals surface area contributed by atoms with E-state index in [1.807, 2.05) is 12.1 Å². The van der Waals surface area contributed by atoms with E-state index in [4.69, 9.17) is 11.6 Å². The summed E-state index contributed by atoms with van der Waals surface area (Å²) in [5.74, 6) is 0.00470. The number of halogens is 4. The van der Waals surface area contributed by atoms with Crippen LogP contribution in [0.3, 0.4) is 0 Å². The van der Waals surface area contributed by atoms with E-state index in [2.05, 4.69) is 15.1 Å². The normalized spacial score (nSPS) is 11.4. The molecule has 0 fully saturated rings. The van der Waals surface area contributed by atoms with Crippen molar-refractivity contribution < 1.29 is 13.2 Å². The van der Waals surface area contributed by atoms with Crippen LogP contribution in [0.15, 0.2) is 35.6 Å². The van der Waals surface area contributed by atoms with Crippen LogP contribution in [-0.4, -0.2) is 40.1 Å². The van der Waals surface area contributed by atoms with E-state index >= 15 is 0 Å². The van der Waals surface area contributed by atoms with Gasteiger partial charge in [-0.25, -0.2) is 9.98 Å². The number of hydrogen-bond acceptors (Lipinski definition) is 5. The average molecular weight is 458 g/mol. The van der Waals surface area contributed by atoms with E-state index < -0.39 is 16.8 Å². The lowest BCUT2D eigenvalue weighted by Crippen LogP contribution is -2.08. The molecule has 0 aliphatic rings. The SMILES string of the molecule is CN(C)/C=N/c1nc(-c2cnn(C)c2)c(C#N)c(-c2ccc(C(F)(F)F)c(Cl)c2)c1C#N. The number of benzene rings is 1. The Morgan fingerprint density at radius 1 is 1.16 bits per heavy atom. The summed E-state index contributed by atoms with van der Waals surface area (Å²) in [6.07, 6.45) is -0.117. The molecule has 0 saturated carbocycles. The van der Waals surface area contributed by atoms with Gasteiger partial charge in [0.25, 0.3) is 0 Å². The molecule has 32 heavy (non-hydrogen) atoms. The molecule has 11 heteroatoms. The topological polar surface area (TPSA) is 93.9 Å². The van der Waals surface area contributed by atoms with E-state index in [0.29, 0.717) is 5.56 Å². The van der Waals surface area contributed by atoms with Crippen molar-refractivity contribution in [2.75, 3.05) is 14.1 Å². The standard InChI is InChI=1S/C21H15ClF3N7/c1-31(2)11-28-20-15(8-27)18(12-4-5-16(17(22)6-12)21(23,24)25)14(7-26)19(30-20)13-9-29-32(3)10-13/h4-6,9-11H,1-3H3/b28-11+. The van der Waals surface area contributed by atoms with Crippen LogP contribution in [0.4, 0.5) is 19.0 Å². The number of aliphatic imine (C=N–C) groups is 1. The van der Waals surface area contributed by atoms with Crippen molar-refractivity contribution in [3.05, 3.63) is 52.3 Å².